The van der Waals surface area contributed by atoms with E-state index in [0.29, 0.717) is 12.1 Å². The van der Waals surface area contributed by atoms with Crippen LogP contribution in [0.1, 0.15) is 5.56 Å². The van der Waals surface area contributed by atoms with E-state index in [1.807, 2.05) is 0 Å². The average molecular weight is 276 g/mol. The van der Waals surface area contributed by atoms with E-state index in [9.17, 15) is 9.18 Å². The van der Waals surface area contributed by atoms with Crippen LogP contribution in [0.3, 0.4) is 0 Å². The minimum Gasteiger partial charge on any atom is -0.494 e. The standard InChI is InChI=1S/C10H11BrFNO2/c1-13(10(11)14)6-7-3-4-9(15-2)8(12)5-7/h3-5H,6H2,1-2H3. The largest absolute Gasteiger partial charge is 0.494 e. The van der Waals surface area contributed by atoms with Gasteiger partial charge in [-0.2, -0.15) is 0 Å². The molecule has 5 heteroatoms. The molecule has 1 rings (SSSR count). The molecule has 0 heterocycles. The first-order valence-electron chi connectivity index (χ1n) is 4.27. The summed E-state index contributed by atoms with van der Waals surface area (Å²) in [6, 6.07) is 4.61. The summed E-state index contributed by atoms with van der Waals surface area (Å²) in [5.41, 5.74) is 0.712. The van der Waals surface area contributed by atoms with Gasteiger partial charge in [-0.3, -0.25) is 4.79 Å². The van der Waals surface area contributed by atoms with Crippen LogP contribution in [-0.4, -0.2) is 23.9 Å². The molecule has 0 saturated carbocycles. The number of halogens is 2. The van der Waals surface area contributed by atoms with Gasteiger partial charge in [-0.1, -0.05) is 6.07 Å². The number of hydrogen-bond acceptors (Lipinski definition) is 2. The Morgan fingerprint density at radius 3 is 2.73 bits per heavy atom. The molecule has 0 unspecified atom stereocenters. The Morgan fingerprint density at radius 2 is 2.27 bits per heavy atom. The van der Waals surface area contributed by atoms with Gasteiger partial charge in [0.25, 0.3) is 4.82 Å². The summed E-state index contributed by atoms with van der Waals surface area (Å²) in [6.45, 7) is 0.352. The number of amides is 1. The summed E-state index contributed by atoms with van der Waals surface area (Å²) in [4.78, 5) is 12.1. The summed E-state index contributed by atoms with van der Waals surface area (Å²) in [5, 5.41) is 0. The Bertz CT molecular complexity index is 370. The second-order valence-corrected chi connectivity index (χ2v) is 3.76. The summed E-state index contributed by atoms with van der Waals surface area (Å²) in [7, 11) is 3.03. The highest BCUT2D eigenvalue weighted by Crippen LogP contribution is 2.18. The Hall–Kier alpha value is -1.10. The predicted molar refractivity (Wildman–Crippen MR) is 58.7 cm³/mol. The van der Waals surface area contributed by atoms with Crippen molar-refractivity contribution in [1.82, 2.24) is 4.90 Å². The number of hydrogen-bond donors (Lipinski definition) is 0. The van der Waals surface area contributed by atoms with E-state index in [0.717, 1.165) is 0 Å². The Morgan fingerprint density at radius 1 is 1.60 bits per heavy atom. The molecule has 0 aromatic heterocycles. The maximum Gasteiger partial charge on any atom is 0.289 e. The number of rotatable bonds is 3. The van der Waals surface area contributed by atoms with Crippen LogP contribution >= 0.6 is 15.9 Å². The summed E-state index contributed by atoms with van der Waals surface area (Å²) in [5.74, 6) is -0.225. The molecule has 0 fully saturated rings. The molecule has 1 amide bonds. The van der Waals surface area contributed by atoms with Gasteiger partial charge in [0.15, 0.2) is 11.6 Å². The lowest BCUT2D eigenvalue weighted by Crippen LogP contribution is -2.19. The zero-order chi connectivity index (χ0) is 11.4. The molecule has 0 saturated heterocycles. The third-order valence-electron chi connectivity index (χ3n) is 1.94. The monoisotopic (exact) mass is 275 g/mol. The number of ether oxygens (including phenoxy) is 1. The molecular weight excluding hydrogens is 265 g/mol. The Balaban J connectivity index is 2.79. The molecule has 0 aliphatic carbocycles. The number of nitrogens with zero attached hydrogens (tertiary/aromatic N) is 1. The number of carbonyl (C=O) groups is 1. The topological polar surface area (TPSA) is 29.5 Å². The molecule has 0 N–H and O–H groups in total. The smallest absolute Gasteiger partial charge is 0.289 e. The van der Waals surface area contributed by atoms with Crippen molar-refractivity contribution < 1.29 is 13.9 Å². The molecule has 0 spiro atoms. The highest BCUT2D eigenvalue weighted by molar-refractivity contribution is 9.18. The number of methoxy groups -OCH3 is 1. The van der Waals surface area contributed by atoms with Gasteiger partial charge in [-0.05, 0) is 17.7 Å². The summed E-state index contributed by atoms with van der Waals surface area (Å²) >= 11 is 2.81. The van der Waals surface area contributed by atoms with E-state index >= 15 is 0 Å². The average Bonchev–Trinajstić information content (AvgIpc) is 2.18. The van der Waals surface area contributed by atoms with Crippen LogP contribution in [0.5, 0.6) is 5.75 Å². The van der Waals surface area contributed by atoms with E-state index in [2.05, 4.69) is 15.9 Å². The van der Waals surface area contributed by atoms with E-state index in [1.165, 1.54) is 24.1 Å². The molecule has 15 heavy (non-hydrogen) atoms. The fourth-order valence-corrected chi connectivity index (χ4v) is 1.27. The minimum absolute atomic E-state index is 0.201. The highest BCUT2D eigenvalue weighted by atomic mass is 79.9. The van der Waals surface area contributed by atoms with Crippen molar-refractivity contribution in [2.75, 3.05) is 14.2 Å². The van der Waals surface area contributed by atoms with E-state index in [-0.39, 0.29) is 10.6 Å². The van der Waals surface area contributed by atoms with Crippen LogP contribution in [0.15, 0.2) is 18.2 Å². The molecule has 1 aromatic carbocycles. The molecular formula is C10H11BrFNO2. The molecule has 0 aliphatic heterocycles. The van der Waals surface area contributed by atoms with Crippen molar-refractivity contribution in [3.05, 3.63) is 29.6 Å². The first-order valence-corrected chi connectivity index (χ1v) is 5.07. The van der Waals surface area contributed by atoms with Crippen molar-refractivity contribution in [3.8, 4) is 5.75 Å². The Labute approximate surface area is 96.0 Å². The van der Waals surface area contributed by atoms with Crippen LogP contribution in [-0.2, 0) is 6.54 Å². The fraction of sp³-hybridized carbons (Fsp3) is 0.300. The molecule has 82 valence electrons. The predicted octanol–water partition coefficient (Wildman–Crippen LogP) is 2.78. The fourth-order valence-electron chi connectivity index (χ4n) is 1.14. The van der Waals surface area contributed by atoms with E-state index < -0.39 is 5.82 Å². The third kappa shape index (κ3) is 3.20. The normalized spacial score (nSPS) is 9.87. The van der Waals surface area contributed by atoms with Crippen LogP contribution < -0.4 is 4.74 Å². The first-order chi connectivity index (χ1) is 7.04. The quantitative estimate of drug-likeness (QED) is 0.627. The van der Waals surface area contributed by atoms with Crippen LogP contribution in [0.2, 0.25) is 0 Å². The molecule has 0 aliphatic rings. The molecule has 1 aromatic rings. The van der Waals surface area contributed by atoms with Gasteiger partial charge in [0, 0.05) is 29.5 Å². The van der Waals surface area contributed by atoms with Gasteiger partial charge < -0.3 is 9.64 Å². The zero-order valence-corrected chi connectivity index (χ0v) is 10.0. The molecule has 0 atom stereocenters. The lowest BCUT2D eigenvalue weighted by atomic mass is 10.2. The molecule has 3 nitrogen and oxygen atoms in total. The van der Waals surface area contributed by atoms with Gasteiger partial charge >= 0.3 is 0 Å². The Kier molecular flexibility index (Phi) is 4.08. The van der Waals surface area contributed by atoms with Gasteiger partial charge in [-0.15, -0.1) is 0 Å². The van der Waals surface area contributed by atoms with E-state index in [4.69, 9.17) is 4.74 Å². The summed E-state index contributed by atoms with van der Waals surface area (Å²) in [6.07, 6.45) is 0. The maximum atomic E-state index is 13.3. The lowest BCUT2D eigenvalue weighted by molar-refractivity contribution is 0.233. The molecule has 0 radical (unpaired) electrons. The van der Waals surface area contributed by atoms with Gasteiger partial charge in [0.1, 0.15) is 0 Å². The third-order valence-corrected chi connectivity index (χ3v) is 2.54. The van der Waals surface area contributed by atoms with Crippen LogP contribution in [0.25, 0.3) is 0 Å². The minimum atomic E-state index is -0.426. The summed E-state index contributed by atoms with van der Waals surface area (Å²) < 4.78 is 18.0. The zero-order valence-electron chi connectivity index (χ0n) is 8.46. The van der Waals surface area contributed by atoms with Crippen molar-refractivity contribution in [3.63, 3.8) is 0 Å². The maximum absolute atomic E-state index is 13.3. The number of benzene rings is 1. The SMILES string of the molecule is COc1ccc(CN(C)C(=O)Br)cc1F. The van der Waals surface area contributed by atoms with Crippen LogP contribution in [0, 0.1) is 5.82 Å². The highest BCUT2D eigenvalue weighted by Gasteiger charge is 2.07. The first kappa shape index (κ1) is 12.0. The van der Waals surface area contributed by atoms with Crippen molar-refractivity contribution in [2.45, 2.75) is 6.54 Å². The van der Waals surface area contributed by atoms with Gasteiger partial charge in [0.05, 0.1) is 7.11 Å². The van der Waals surface area contributed by atoms with Crippen molar-refractivity contribution >= 4 is 20.7 Å². The van der Waals surface area contributed by atoms with Crippen molar-refractivity contribution in [1.29, 1.82) is 0 Å². The van der Waals surface area contributed by atoms with Gasteiger partial charge in [-0.25, -0.2) is 4.39 Å². The van der Waals surface area contributed by atoms with Gasteiger partial charge in [0.2, 0.25) is 0 Å². The van der Waals surface area contributed by atoms with Crippen LogP contribution in [0.4, 0.5) is 9.18 Å². The second-order valence-electron chi connectivity index (χ2n) is 3.08. The lowest BCUT2D eigenvalue weighted by Gasteiger charge is -2.13. The second kappa shape index (κ2) is 5.11. The van der Waals surface area contributed by atoms with E-state index in [1.54, 1.807) is 13.1 Å². The number of carbonyl (C=O) groups excluding carboxylic acids is 1. The molecule has 0 bridgehead atoms. The van der Waals surface area contributed by atoms with Crippen molar-refractivity contribution in [2.24, 2.45) is 0 Å².